The molecule has 3 heteroatoms. The molecule has 0 aliphatic carbocycles. The largest absolute Gasteiger partial charge is 0.459 e. The van der Waals surface area contributed by atoms with Gasteiger partial charge in [-0.3, -0.25) is 4.79 Å². The van der Waals surface area contributed by atoms with E-state index in [1.807, 2.05) is 32.0 Å². The van der Waals surface area contributed by atoms with Gasteiger partial charge in [0.25, 0.3) is 5.91 Å². The average Bonchev–Trinajstić information content (AvgIpc) is 2.76. The Balaban J connectivity index is 2.25. The van der Waals surface area contributed by atoms with Crippen LogP contribution in [0.2, 0.25) is 0 Å². The summed E-state index contributed by atoms with van der Waals surface area (Å²) in [5, 5.41) is 2.85. The molecular formula is C13H13NO2. The summed E-state index contributed by atoms with van der Waals surface area (Å²) < 4.78 is 5.04. The first-order valence-corrected chi connectivity index (χ1v) is 5.09. The van der Waals surface area contributed by atoms with Crippen LogP contribution in [0.25, 0.3) is 0 Å². The third-order valence-corrected chi connectivity index (χ3v) is 2.46. The third-order valence-electron chi connectivity index (χ3n) is 2.46. The molecule has 0 spiro atoms. The van der Waals surface area contributed by atoms with Crippen LogP contribution < -0.4 is 5.32 Å². The number of benzene rings is 1. The molecule has 1 N–H and O–H groups in total. The second-order valence-electron chi connectivity index (χ2n) is 3.70. The number of rotatable bonds is 2. The minimum absolute atomic E-state index is 0.220. The van der Waals surface area contributed by atoms with E-state index in [1.54, 1.807) is 12.1 Å². The molecule has 2 rings (SSSR count). The molecule has 82 valence electrons. The van der Waals surface area contributed by atoms with Crippen LogP contribution in [0.1, 0.15) is 21.7 Å². The first kappa shape index (κ1) is 10.5. The Labute approximate surface area is 94.1 Å². The zero-order chi connectivity index (χ0) is 11.5. The Hall–Kier alpha value is -2.03. The van der Waals surface area contributed by atoms with E-state index in [9.17, 15) is 4.79 Å². The lowest BCUT2D eigenvalue weighted by Crippen LogP contribution is -2.12. The van der Waals surface area contributed by atoms with Crippen LogP contribution in [0.3, 0.4) is 0 Å². The zero-order valence-corrected chi connectivity index (χ0v) is 9.28. The smallest absolute Gasteiger partial charge is 0.291 e. The standard InChI is InChI=1S/C13H13NO2/c1-9-5-3-6-10(2)12(9)14-13(15)11-7-4-8-16-11/h3-8H,1-2H3,(H,14,15). The highest BCUT2D eigenvalue weighted by molar-refractivity contribution is 6.03. The molecule has 0 bridgehead atoms. The Morgan fingerprint density at radius 1 is 1.12 bits per heavy atom. The van der Waals surface area contributed by atoms with Crippen LogP contribution in [0.4, 0.5) is 5.69 Å². The molecule has 0 atom stereocenters. The molecule has 1 aromatic carbocycles. The summed E-state index contributed by atoms with van der Waals surface area (Å²) in [6.07, 6.45) is 1.49. The Kier molecular flexibility index (Phi) is 2.77. The lowest BCUT2D eigenvalue weighted by Gasteiger charge is -2.09. The van der Waals surface area contributed by atoms with E-state index in [4.69, 9.17) is 4.42 Å². The van der Waals surface area contributed by atoms with E-state index >= 15 is 0 Å². The summed E-state index contributed by atoms with van der Waals surface area (Å²) in [6.45, 7) is 3.93. The Morgan fingerprint density at radius 3 is 2.38 bits per heavy atom. The molecule has 3 nitrogen and oxygen atoms in total. The highest BCUT2D eigenvalue weighted by atomic mass is 16.3. The third kappa shape index (κ3) is 1.98. The number of hydrogen-bond donors (Lipinski definition) is 1. The van der Waals surface area contributed by atoms with Crippen molar-refractivity contribution in [1.29, 1.82) is 0 Å². The minimum Gasteiger partial charge on any atom is -0.459 e. The van der Waals surface area contributed by atoms with Gasteiger partial charge >= 0.3 is 0 Å². The monoisotopic (exact) mass is 215 g/mol. The summed E-state index contributed by atoms with van der Waals surface area (Å²) in [4.78, 5) is 11.8. The molecule has 1 heterocycles. The molecule has 0 aliphatic heterocycles. The fourth-order valence-electron chi connectivity index (χ4n) is 1.59. The molecule has 0 saturated carbocycles. The minimum atomic E-state index is -0.220. The van der Waals surface area contributed by atoms with Crippen LogP contribution in [-0.2, 0) is 0 Å². The number of aryl methyl sites for hydroxylation is 2. The van der Waals surface area contributed by atoms with Gasteiger partial charge in [0.05, 0.1) is 6.26 Å². The number of hydrogen-bond acceptors (Lipinski definition) is 2. The van der Waals surface area contributed by atoms with Crippen molar-refractivity contribution in [3.8, 4) is 0 Å². The second-order valence-corrected chi connectivity index (χ2v) is 3.70. The summed E-state index contributed by atoms with van der Waals surface area (Å²) in [5.41, 5.74) is 2.93. The fourth-order valence-corrected chi connectivity index (χ4v) is 1.59. The topological polar surface area (TPSA) is 42.2 Å². The first-order valence-electron chi connectivity index (χ1n) is 5.09. The normalized spacial score (nSPS) is 10.1. The number of amides is 1. The van der Waals surface area contributed by atoms with Crippen LogP contribution in [0.5, 0.6) is 0 Å². The molecule has 0 aliphatic rings. The zero-order valence-electron chi connectivity index (χ0n) is 9.28. The number of nitrogens with one attached hydrogen (secondary N) is 1. The van der Waals surface area contributed by atoms with Crippen molar-refractivity contribution >= 4 is 11.6 Å². The number of carbonyl (C=O) groups is 1. The van der Waals surface area contributed by atoms with Gasteiger partial charge in [-0.05, 0) is 37.1 Å². The van der Waals surface area contributed by atoms with Gasteiger partial charge in [0.2, 0.25) is 0 Å². The molecule has 1 aromatic heterocycles. The SMILES string of the molecule is Cc1cccc(C)c1NC(=O)c1ccco1. The molecule has 16 heavy (non-hydrogen) atoms. The van der Waals surface area contributed by atoms with Crippen molar-refractivity contribution < 1.29 is 9.21 Å². The molecule has 1 amide bonds. The van der Waals surface area contributed by atoms with E-state index in [0.29, 0.717) is 5.76 Å². The quantitative estimate of drug-likeness (QED) is 0.836. The molecule has 0 saturated heterocycles. The van der Waals surface area contributed by atoms with Crippen LogP contribution in [0.15, 0.2) is 41.0 Å². The maximum atomic E-state index is 11.8. The predicted molar refractivity (Wildman–Crippen MR) is 62.6 cm³/mol. The van der Waals surface area contributed by atoms with Gasteiger partial charge in [-0.25, -0.2) is 0 Å². The molecule has 0 fully saturated rings. The van der Waals surface area contributed by atoms with Crippen molar-refractivity contribution in [2.45, 2.75) is 13.8 Å². The van der Waals surface area contributed by atoms with Gasteiger partial charge in [0.1, 0.15) is 0 Å². The maximum Gasteiger partial charge on any atom is 0.291 e. The van der Waals surface area contributed by atoms with Gasteiger partial charge in [-0.1, -0.05) is 18.2 Å². The summed E-state index contributed by atoms with van der Waals surface area (Å²) in [6, 6.07) is 9.23. The van der Waals surface area contributed by atoms with E-state index in [2.05, 4.69) is 5.32 Å². The van der Waals surface area contributed by atoms with E-state index in [0.717, 1.165) is 16.8 Å². The van der Waals surface area contributed by atoms with Gasteiger partial charge in [0.15, 0.2) is 5.76 Å². The van der Waals surface area contributed by atoms with Crippen molar-refractivity contribution in [2.24, 2.45) is 0 Å². The second kappa shape index (κ2) is 4.23. The highest BCUT2D eigenvalue weighted by Crippen LogP contribution is 2.20. The molecular weight excluding hydrogens is 202 g/mol. The number of para-hydroxylation sites is 1. The van der Waals surface area contributed by atoms with Crippen LogP contribution in [0, 0.1) is 13.8 Å². The molecule has 0 unspecified atom stereocenters. The summed E-state index contributed by atoms with van der Waals surface area (Å²) in [5.74, 6) is 0.102. The number of furan rings is 1. The van der Waals surface area contributed by atoms with Crippen molar-refractivity contribution in [3.63, 3.8) is 0 Å². The summed E-state index contributed by atoms with van der Waals surface area (Å²) in [7, 11) is 0. The van der Waals surface area contributed by atoms with E-state index in [1.165, 1.54) is 6.26 Å². The lowest BCUT2D eigenvalue weighted by molar-refractivity contribution is 0.0996. The predicted octanol–water partition coefficient (Wildman–Crippen LogP) is 3.15. The number of carbonyl (C=O) groups excluding carboxylic acids is 1. The van der Waals surface area contributed by atoms with Crippen LogP contribution >= 0.6 is 0 Å². The molecule has 2 aromatic rings. The Morgan fingerprint density at radius 2 is 1.81 bits per heavy atom. The fraction of sp³-hybridized carbons (Fsp3) is 0.154. The van der Waals surface area contributed by atoms with Crippen LogP contribution in [-0.4, -0.2) is 5.91 Å². The van der Waals surface area contributed by atoms with Crippen molar-refractivity contribution in [1.82, 2.24) is 0 Å². The lowest BCUT2D eigenvalue weighted by atomic mass is 10.1. The van der Waals surface area contributed by atoms with E-state index in [-0.39, 0.29) is 5.91 Å². The van der Waals surface area contributed by atoms with Gasteiger partial charge < -0.3 is 9.73 Å². The summed E-state index contributed by atoms with van der Waals surface area (Å²) >= 11 is 0. The number of anilines is 1. The van der Waals surface area contributed by atoms with Crippen molar-refractivity contribution in [3.05, 3.63) is 53.5 Å². The van der Waals surface area contributed by atoms with E-state index < -0.39 is 0 Å². The first-order chi connectivity index (χ1) is 7.68. The highest BCUT2D eigenvalue weighted by Gasteiger charge is 2.11. The van der Waals surface area contributed by atoms with Gasteiger partial charge in [0, 0.05) is 5.69 Å². The maximum absolute atomic E-state index is 11.8. The Bertz CT molecular complexity index is 480. The average molecular weight is 215 g/mol. The molecule has 0 radical (unpaired) electrons. The van der Waals surface area contributed by atoms with Gasteiger partial charge in [-0.2, -0.15) is 0 Å². The van der Waals surface area contributed by atoms with Gasteiger partial charge in [-0.15, -0.1) is 0 Å². The van der Waals surface area contributed by atoms with Crippen molar-refractivity contribution in [2.75, 3.05) is 5.32 Å².